The zero-order chi connectivity index (χ0) is 10.7. The average molecular weight is 254 g/mol. The molecule has 0 fully saturated rings. The molecule has 5 heteroatoms. The number of hydrogen-bond donors (Lipinski definition) is 2. The van der Waals surface area contributed by atoms with Crippen LogP contribution in [0.5, 0.6) is 0 Å². The van der Waals surface area contributed by atoms with Crippen molar-refractivity contribution in [3.63, 3.8) is 0 Å². The van der Waals surface area contributed by atoms with Crippen LogP contribution in [0.25, 0.3) is 0 Å². The minimum Gasteiger partial charge on any atom is -0.388 e. The highest BCUT2D eigenvalue weighted by Gasteiger charge is 2.22. The van der Waals surface area contributed by atoms with E-state index in [-0.39, 0.29) is 5.92 Å². The zero-order valence-corrected chi connectivity index (χ0v) is 10.2. The molecule has 1 rings (SSSR count). The Hall–Kier alpha value is 0.200. The molecule has 80 valence electrons. The van der Waals surface area contributed by atoms with Gasteiger partial charge in [0.2, 0.25) is 0 Å². The molecule has 0 saturated heterocycles. The van der Waals surface area contributed by atoms with Crippen LogP contribution in [0.1, 0.15) is 25.0 Å². The standard InChI is InChI=1S/C9H13Cl2NOS/c1-2-5(4-12)8(13)6-3-7(10)14-9(6)11/h3,5,8,13H,2,4,12H2,1H3. The molecule has 0 bridgehead atoms. The van der Waals surface area contributed by atoms with E-state index in [1.165, 1.54) is 11.3 Å². The first kappa shape index (κ1) is 12.3. The number of aliphatic hydroxyl groups excluding tert-OH is 1. The van der Waals surface area contributed by atoms with Crippen LogP contribution in [0.3, 0.4) is 0 Å². The van der Waals surface area contributed by atoms with Gasteiger partial charge in [0, 0.05) is 11.5 Å². The number of halogens is 2. The number of rotatable bonds is 4. The molecule has 0 aliphatic carbocycles. The Morgan fingerprint density at radius 2 is 2.21 bits per heavy atom. The summed E-state index contributed by atoms with van der Waals surface area (Å²) < 4.78 is 1.14. The topological polar surface area (TPSA) is 46.2 Å². The minimum atomic E-state index is -0.610. The quantitative estimate of drug-likeness (QED) is 0.867. The molecule has 14 heavy (non-hydrogen) atoms. The Morgan fingerprint density at radius 3 is 2.57 bits per heavy atom. The van der Waals surface area contributed by atoms with Crippen LogP contribution < -0.4 is 5.73 Å². The van der Waals surface area contributed by atoms with Gasteiger partial charge in [0.15, 0.2) is 0 Å². The number of aliphatic hydroxyl groups is 1. The predicted molar refractivity (Wildman–Crippen MR) is 62.1 cm³/mol. The van der Waals surface area contributed by atoms with Gasteiger partial charge in [-0.1, -0.05) is 30.1 Å². The molecule has 2 atom stereocenters. The highest BCUT2D eigenvalue weighted by molar-refractivity contribution is 7.20. The van der Waals surface area contributed by atoms with Crippen LogP contribution >= 0.6 is 34.5 Å². The summed E-state index contributed by atoms with van der Waals surface area (Å²) in [6.45, 7) is 2.43. The van der Waals surface area contributed by atoms with Crippen molar-refractivity contribution in [2.45, 2.75) is 19.4 Å². The second kappa shape index (κ2) is 5.33. The molecule has 0 aliphatic heterocycles. The van der Waals surface area contributed by atoms with Crippen LogP contribution in [-0.2, 0) is 0 Å². The van der Waals surface area contributed by atoms with E-state index >= 15 is 0 Å². The highest BCUT2D eigenvalue weighted by Crippen LogP contribution is 2.37. The molecule has 3 N–H and O–H groups in total. The van der Waals surface area contributed by atoms with Crippen molar-refractivity contribution in [1.82, 2.24) is 0 Å². The van der Waals surface area contributed by atoms with Gasteiger partial charge in [-0.25, -0.2) is 0 Å². The summed E-state index contributed by atoms with van der Waals surface area (Å²) in [4.78, 5) is 0. The van der Waals surface area contributed by atoms with Crippen LogP contribution in [0.4, 0.5) is 0 Å². The maximum atomic E-state index is 9.96. The largest absolute Gasteiger partial charge is 0.388 e. The van der Waals surface area contributed by atoms with Crippen molar-refractivity contribution >= 4 is 34.5 Å². The SMILES string of the molecule is CCC(CN)C(O)c1cc(Cl)sc1Cl. The van der Waals surface area contributed by atoms with Gasteiger partial charge in [-0.2, -0.15) is 0 Å². The van der Waals surface area contributed by atoms with Crippen LogP contribution in [0.2, 0.25) is 8.67 Å². The van der Waals surface area contributed by atoms with Crippen molar-refractivity contribution in [1.29, 1.82) is 0 Å². The van der Waals surface area contributed by atoms with Crippen molar-refractivity contribution in [2.24, 2.45) is 11.7 Å². The first-order valence-corrected chi connectivity index (χ1v) is 6.00. The van der Waals surface area contributed by atoms with Gasteiger partial charge in [-0.15, -0.1) is 11.3 Å². The molecule has 0 radical (unpaired) electrons. The van der Waals surface area contributed by atoms with E-state index in [2.05, 4.69) is 0 Å². The molecular weight excluding hydrogens is 241 g/mol. The molecule has 1 heterocycles. The van der Waals surface area contributed by atoms with Gasteiger partial charge in [0.25, 0.3) is 0 Å². The zero-order valence-electron chi connectivity index (χ0n) is 7.84. The van der Waals surface area contributed by atoms with E-state index in [9.17, 15) is 5.11 Å². The van der Waals surface area contributed by atoms with Crippen molar-refractivity contribution in [2.75, 3.05) is 6.54 Å². The number of hydrogen-bond acceptors (Lipinski definition) is 3. The van der Waals surface area contributed by atoms with E-state index in [4.69, 9.17) is 28.9 Å². The fraction of sp³-hybridized carbons (Fsp3) is 0.556. The Bertz CT molecular complexity index is 299. The number of nitrogens with two attached hydrogens (primary N) is 1. The van der Waals surface area contributed by atoms with E-state index < -0.39 is 6.10 Å². The lowest BCUT2D eigenvalue weighted by atomic mass is 9.95. The summed E-state index contributed by atoms with van der Waals surface area (Å²) in [7, 11) is 0. The van der Waals surface area contributed by atoms with Gasteiger partial charge in [0.05, 0.1) is 10.4 Å². The molecule has 0 spiro atoms. The summed E-state index contributed by atoms with van der Waals surface area (Å²) in [6.07, 6.45) is 0.211. The highest BCUT2D eigenvalue weighted by atomic mass is 35.5. The lowest BCUT2D eigenvalue weighted by Crippen LogP contribution is -2.21. The van der Waals surface area contributed by atoms with Gasteiger partial charge in [-0.3, -0.25) is 0 Å². The molecular formula is C9H13Cl2NOS. The first-order valence-electron chi connectivity index (χ1n) is 4.43. The Kier molecular flexibility index (Phi) is 4.67. The van der Waals surface area contributed by atoms with Crippen LogP contribution in [0.15, 0.2) is 6.07 Å². The summed E-state index contributed by atoms with van der Waals surface area (Å²) in [6, 6.07) is 1.71. The first-order chi connectivity index (χ1) is 6.60. The summed E-state index contributed by atoms with van der Waals surface area (Å²) in [5, 5.41) is 9.96. The van der Waals surface area contributed by atoms with E-state index in [0.717, 1.165) is 6.42 Å². The predicted octanol–water partition coefficient (Wildman–Crippen LogP) is 3.07. The maximum absolute atomic E-state index is 9.96. The molecule has 1 aromatic heterocycles. The third kappa shape index (κ3) is 2.61. The third-order valence-corrected chi connectivity index (χ3v) is 3.79. The number of thiophene rings is 1. The molecule has 0 aliphatic rings. The second-order valence-corrected chi connectivity index (χ2v) is 5.41. The monoisotopic (exact) mass is 253 g/mol. The summed E-state index contributed by atoms with van der Waals surface area (Å²) in [5.74, 6) is 0.0400. The minimum absolute atomic E-state index is 0.0400. The summed E-state index contributed by atoms with van der Waals surface area (Å²) >= 11 is 13.0. The molecule has 0 aromatic carbocycles. The fourth-order valence-corrected chi connectivity index (χ4v) is 2.87. The van der Waals surface area contributed by atoms with E-state index in [0.29, 0.717) is 20.8 Å². The van der Waals surface area contributed by atoms with Crippen molar-refractivity contribution in [3.8, 4) is 0 Å². The van der Waals surface area contributed by atoms with Gasteiger partial charge >= 0.3 is 0 Å². The lowest BCUT2D eigenvalue weighted by molar-refractivity contribution is 0.110. The smallest absolute Gasteiger partial charge is 0.100 e. The van der Waals surface area contributed by atoms with Gasteiger partial charge in [0.1, 0.15) is 4.34 Å². The van der Waals surface area contributed by atoms with Crippen LogP contribution in [0, 0.1) is 5.92 Å². The summed E-state index contributed by atoms with van der Waals surface area (Å²) in [5.41, 5.74) is 6.24. The lowest BCUT2D eigenvalue weighted by Gasteiger charge is -2.19. The maximum Gasteiger partial charge on any atom is 0.100 e. The third-order valence-electron chi connectivity index (χ3n) is 2.28. The van der Waals surface area contributed by atoms with E-state index in [1.807, 2.05) is 6.92 Å². The Labute approximate surface area is 97.6 Å². The molecule has 1 aromatic rings. The molecule has 2 nitrogen and oxygen atoms in total. The molecule has 0 saturated carbocycles. The molecule has 2 unspecified atom stereocenters. The van der Waals surface area contributed by atoms with Gasteiger partial charge in [-0.05, 0) is 19.0 Å². The van der Waals surface area contributed by atoms with Crippen molar-refractivity contribution < 1.29 is 5.11 Å². The average Bonchev–Trinajstić information content (AvgIpc) is 2.47. The Morgan fingerprint density at radius 1 is 1.57 bits per heavy atom. The van der Waals surface area contributed by atoms with E-state index in [1.54, 1.807) is 6.07 Å². The second-order valence-electron chi connectivity index (χ2n) is 3.13. The van der Waals surface area contributed by atoms with Crippen LogP contribution in [-0.4, -0.2) is 11.7 Å². The molecule has 0 amide bonds. The fourth-order valence-electron chi connectivity index (χ4n) is 1.33. The van der Waals surface area contributed by atoms with Crippen molar-refractivity contribution in [3.05, 3.63) is 20.3 Å². The van der Waals surface area contributed by atoms with Gasteiger partial charge < -0.3 is 10.8 Å². The normalized spacial score (nSPS) is 15.5. The Balaban J connectivity index is 2.87.